The van der Waals surface area contributed by atoms with Gasteiger partial charge in [-0.05, 0) is 43.4 Å². The van der Waals surface area contributed by atoms with Crippen LogP contribution in [0.2, 0.25) is 0 Å². The van der Waals surface area contributed by atoms with Crippen LogP contribution in [0.15, 0.2) is 24.3 Å². The average molecular weight is 346 g/mol. The molecule has 0 aliphatic heterocycles. The summed E-state index contributed by atoms with van der Waals surface area (Å²) in [6.07, 6.45) is 5.56. The molecule has 1 fully saturated rings. The van der Waals surface area contributed by atoms with Crippen molar-refractivity contribution in [3.8, 4) is 0 Å². The molecule has 3 N–H and O–H groups in total. The third-order valence-corrected chi connectivity index (χ3v) is 4.51. The minimum absolute atomic E-state index is 0.122. The van der Waals surface area contributed by atoms with E-state index < -0.39 is 5.97 Å². The number of carbonyl (C=O) groups is 3. The van der Waals surface area contributed by atoms with E-state index in [4.69, 9.17) is 5.11 Å². The molecule has 6 nitrogen and oxygen atoms in total. The van der Waals surface area contributed by atoms with Gasteiger partial charge in [-0.3, -0.25) is 14.4 Å². The SMILES string of the molecule is O=C(O)CCCCNC(=O)c1ccc(CNC(=O)C2CCCC2)cc1. The molecule has 0 heterocycles. The predicted molar refractivity (Wildman–Crippen MR) is 94.1 cm³/mol. The number of unbranched alkanes of at least 4 members (excludes halogenated alkanes) is 1. The van der Waals surface area contributed by atoms with E-state index in [-0.39, 0.29) is 24.2 Å². The maximum absolute atomic E-state index is 12.0. The summed E-state index contributed by atoms with van der Waals surface area (Å²) in [5.74, 6) is -0.703. The number of aliphatic carboxylic acids is 1. The highest BCUT2D eigenvalue weighted by molar-refractivity contribution is 5.94. The lowest BCUT2D eigenvalue weighted by Gasteiger charge is -2.11. The molecule has 0 unspecified atom stereocenters. The van der Waals surface area contributed by atoms with Crippen LogP contribution in [-0.2, 0) is 16.1 Å². The zero-order chi connectivity index (χ0) is 18.1. The fraction of sp³-hybridized carbons (Fsp3) is 0.526. The highest BCUT2D eigenvalue weighted by Crippen LogP contribution is 2.24. The Kier molecular flexibility index (Phi) is 7.44. The van der Waals surface area contributed by atoms with E-state index in [0.29, 0.717) is 31.5 Å². The minimum atomic E-state index is -0.818. The second kappa shape index (κ2) is 9.81. The van der Waals surface area contributed by atoms with E-state index in [0.717, 1.165) is 31.2 Å². The highest BCUT2D eigenvalue weighted by Gasteiger charge is 2.22. The quantitative estimate of drug-likeness (QED) is 0.599. The summed E-state index contributed by atoms with van der Waals surface area (Å²) in [7, 11) is 0. The molecule has 0 spiro atoms. The van der Waals surface area contributed by atoms with Crippen LogP contribution in [0.1, 0.15) is 60.9 Å². The number of rotatable bonds is 9. The molecule has 6 heteroatoms. The molecule has 1 aliphatic carbocycles. The van der Waals surface area contributed by atoms with Gasteiger partial charge in [0.25, 0.3) is 5.91 Å². The molecular weight excluding hydrogens is 320 g/mol. The topological polar surface area (TPSA) is 95.5 Å². The van der Waals surface area contributed by atoms with Crippen molar-refractivity contribution in [2.75, 3.05) is 6.54 Å². The molecule has 0 atom stereocenters. The van der Waals surface area contributed by atoms with Crippen LogP contribution in [-0.4, -0.2) is 29.4 Å². The summed E-state index contributed by atoms with van der Waals surface area (Å²) < 4.78 is 0. The summed E-state index contributed by atoms with van der Waals surface area (Å²) >= 11 is 0. The van der Waals surface area contributed by atoms with E-state index in [1.807, 2.05) is 12.1 Å². The fourth-order valence-electron chi connectivity index (χ4n) is 3.00. The van der Waals surface area contributed by atoms with Crippen molar-refractivity contribution in [1.82, 2.24) is 10.6 Å². The second-order valence-electron chi connectivity index (χ2n) is 6.50. The first kappa shape index (κ1) is 19.0. The number of hydrogen-bond donors (Lipinski definition) is 3. The van der Waals surface area contributed by atoms with E-state index in [1.165, 1.54) is 0 Å². The van der Waals surface area contributed by atoms with Crippen LogP contribution < -0.4 is 10.6 Å². The summed E-state index contributed by atoms with van der Waals surface area (Å²) in [5.41, 5.74) is 1.52. The Morgan fingerprint density at radius 2 is 1.68 bits per heavy atom. The third kappa shape index (κ3) is 6.57. The molecule has 2 rings (SSSR count). The molecule has 0 radical (unpaired) electrons. The average Bonchev–Trinajstić information content (AvgIpc) is 3.14. The van der Waals surface area contributed by atoms with Crippen LogP contribution in [0, 0.1) is 5.92 Å². The maximum atomic E-state index is 12.0. The van der Waals surface area contributed by atoms with Gasteiger partial charge in [-0.15, -0.1) is 0 Å². The Hall–Kier alpha value is -2.37. The molecule has 0 bridgehead atoms. The molecule has 1 saturated carbocycles. The standard InChI is InChI=1S/C19H26N2O4/c22-17(23)7-3-4-12-20-18(24)16-10-8-14(9-11-16)13-21-19(25)15-5-1-2-6-15/h8-11,15H,1-7,12-13H2,(H,20,24)(H,21,25)(H,22,23). The van der Waals surface area contributed by atoms with Crippen molar-refractivity contribution >= 4 is 17.8 Å². The predicted octanol–water partition coefficient (Wildman–Crippen LogP) is 2.48. The molecule has 1 aliphatic rings. The molecular formula is C19H26N2O4. The van der Waals surface area contributed by atoms with Crippen molar-refractivity contribution in [2.45, 2.75) is 51.5 Å². The fourth-order valence-corrected chi connectivity index (χ4v) is 3.00. The van der Waals surface area contributed by atoms with Crippen LogP contribution in [0.4, 0.5) is 0 Å². The summed E-state index contributed by atoms with van der Waals surface area (Å²) in [5, 5.41) is 14.3. The van der Waals surface area contributed by atoms with Crippen LogP contribution in [0.5, 0.6) is 0 Å². The number of nitrogens with one attached hydrogen (secondary N) is 2. The third-order valence-electron chi connectivity index (χ3n) is 4.51. The maximum Gasteiger partial charge on any atom is 0.303 e. The van der Waals surface area contributed by atoms with Gasteiger partial charge >= 0.3 is 5.97 Å². The molecule has 0 aromatic heterocycles. The number of benzene rings is 1. The zero-order valence-electron chi connectivity index (χ0n) is 14.4. The van der Waals surface area contributed by atoms with Gasteiger partial charge in [0.15, 0.2) is 0 Å². The Balaban J connectivity index is 1.70. The van der Waals surface area contributed by atoms with Crippen molar-refractivity contribution in [3.63, 3.8) is 0 Å². The number of carboxylic acid groups (broad SMARTS) is 1. The minimum Gasteiger partial charge on any atom is -0.481 e. The first-order valence-electron chi connectivity index (χ1n) is 8.93. The summed E-state index contributed by atoms with van der Waals surface area (Å²) in [6, 6.07) is 7.16. The monoisotopic (exact) mass is 346 g/mol. The van der Waals surface area contributed by atoms with Crippen LogP contribution >= 0.6 is 0 Å². The highest BCUT2D eigenvalue weighted by atomic mass is 16.4. The number of carbonyl (C=O) groups excluding carboxylic acids is 2. The van der Waals surface area contributed by atoms with Gasteiger partial charge in [-0.25, -0.2) is 0 Å². The van der Waals surface area contributed by atoms with Crippen molar-refractivity contribution in [1.29, 1.82) is 0 Å². The van der Waals surface area contributed by atoms with Crippen molar-refractivity contribution < 1.29 is 19.5 Å². The molecule has 2 amide bonds. The molecule has 1 aromatic rings. The van der Waals surface area contributed by atoms with Gasteiger partial charge in [0.2, 0.25) is 5.91 Å². The normalized spacial score (nSPS) is 14.2. The van der Waals surface area contributed by atoms with Gasteiger partial charge in [-0.2, -0.15) is 0 Å². The molecule has 25 heavy (non-hydrogen) atoms. The van der Waals surface area contributed by atoms with Crippen molar-refractivity contribution in [3.05, 3.63) is 35.4 Å². The van der Waals surface area contributed by atoms with Gasteiger partial charge in [0.1, 0.15) is 0 Å². The summed E-state index contributed by atoms with van der Waals surface area (Å²) in [4.78, 5) is 34.4. The Labute approximate surface area is 148 Å². The first-order valence-corrected chi connectivity index (χ1v) is 8.93. The van der Waals surface area contributed by atoms with Gasteiger partial charge in [-0.1, -0.05) is 25.0 Å². The Morgan fingerprint density at radius 3 is 2.32 bits per heavy atom. The van der Waals surface area contributed by atoms with Gasteiger partial charge in [0.05, 0.1) is 0 Å². The molecule has 0 saturated heterocycles. The van der Waals surface area contributed by atoms with E-state index in [9.17, 15) is 14.4 Å². The van der Waals surface area contributed by atoms with E-state index >= 15 is 0 Å². The van der Waals surface area contributed by atoms with E-state index in [2.05, 4.69) is 10.6 Å². The molecule has 1 aromatic carbocycles. The largest absolute Gasteiger partial charge is 0.481 e. The lowest BCUT2D eigenvalue weighted by atomic mass is 10.1. The van der Waals surface area contributed by atoms with E-state index in [1.54, 1.807) is 12.1 Å². The lowest BCUT2D eigenvalue weighted by Crippen LogP contribution is -2.28. The number of amides is 2. The Bertz CT molecular complexity index is 592. The zero-order valence-corrected chi connectivity index (χ0v) is 14.4. The molecule has 136 valence electrons. The number of carboxylic acids is 1. The lowest BCUT2D eigenvalue weighted by molar-refractivity contribution is -0.137. The Morgan fingerprint density at radius 1 is 1.00 bits per heavy atom. The smallest absolute Gasteiger partial charge is 0.303 e. The van der Waals surface area contributed by atoms with Gasteiger partial charge in [0, 0.05) is 31.0 Å². The van der Waals surface area contributed by atoms with Crippen LogP contribution in [0.25, 0.3) is 0 Å². The number of hydrogen-bond acceptors (Lipinski definition) is 3. The first-order chi connectivity index (χ1) is 12.1. The summed E-state index contributed by atoms with van der Waals surface area (Å²) in [6.45, 7) is 0.942. The second-order valence-corrected chi connectivity index (χ2v) is 6.50. The van der Waals surface area contributed by atoms with Crippen LogP contribution in [0.3, 0.4) is 0 Å². The van der Waals surface area contributed by atoms with Gasteiger partial charge < -0.3 is 15.7 Å². The van der Waals surface area contributed by atoms with Crippen molar-refractivity contribution in [2.24, 2.45) is 5.92 Å².